The number of urea groups is 1. The zero-order valence-corrected chi connectivity index (χ0v) is 11.5. The lowest BCUT2D eigenvalue weighted by Crippen LogP contribution is -2.30. The summed E-state index contributed by atoms with van der Waals surface area (Å²) in [7, 11) is 1.39. The minimum absolute atomic E-state index is 0.0604. The molecule has 0 radical (unpaired) electrons. The molecule has 6 heteroatoms. The van der Waals surface area contributed by atoms with E-state index < -0.39 is 5.97 Å². The van der Waals surface area contributed by atoms with Gasteiger partial charge in [-0.25, -0.2) is 9.59 Å². The maximum absolute atomic E-state index is 11.7. The van der Waals surface area contributed by atoms with Gasteiger partial charge in [0.2, 0.25) is 0 Å². The van der Waals surface area contributed by atoms with Crippen molar-refractivity contribution >= 4 is 17.7 Å². The van der Waals surface area contributed by atoms with Crippen molar-refractivity contribution in [2.24, 2.45) is 11.8 Å². The Labute approximate surface area is 117 Å². The Bertz CT molecular complexity index is 530. The van der Waals surface area contributed by atoms with Crippen LogP contribution in [0.3, 0.4) is 0 Å². The van der Waals surface area contributed by atoms with Crippen molar-refractivity contribution < 1.29 is 19.4 Å². The maximum Gasteiger partial charge on any atom is 0.339 e. The number of methoxy groups -OCH3 is 1. The molecule has 0 spiro atoms. The molecule has 2 amide bonds. The highest BCUT2D eigenvalue weighted by Gasteiger charge is 2.32. The molecule has 1 aliphatic carbocycles. The van der Waals surface area contributed by atoms with E-state index in [-0.39, 0.29) is 17.3 Å². The lowest BCUT2D eigenvalue weighted by molar-refractivity contribution is 0.0693. The van der Waals surface area contributed by atoms with Crippen LogP contribution in [0, 0.1) is 11.8 Å². The third-order valence-corrected chi connectivity index (χ3v) is 3.49. The molecule has 2 atom stereocenters. The molecule has 1 aromatic rings. The third kappa shape index (κ3) is 3.40. The Morgan fingerprint density at radius 2 is 2.15 bits per heavy atom. The van der Waals surface area contributed by atoms with E-state index in [1.165, 1.54) is 25.3 Å². The third-order valence-electron chi connectivity index (χ3n) is 3.49. The summed E-state index contributed by atoms with van der Waals surface area (Å²) < 4.78 is 5.00. The van der Waals surface area contributed by atoms with E-state index in [0.29, 0.717) is 24.1 Å². The zero-order valence-electron chi connectivity index (χ0n) is 11.5. The largest absolute Gasteiger partial charge is 0.496 e. The fourth-order valence-corrected chi connectivity index (χ4v) is 2.03. The molecular formula is C14H18N2O4. The monoisotopic (exact) mass is 278 g/mol. The molecule has 1 fully saturated rings. The quantitative estimate of drug-likeness (QED) is 0.770. The van der Waals surface area contributed by atoms with Crippen molar-refractivity contribution in [1.82, 2.24) is 5.32 Å². The van der Waals surface area contributed by atoms with Crippen LogP contribution in [0.5, 0.6) is 5.75 Å². The summed E-state index contributed by atoms with van der Waals surface area (Å²) in [5.74, 6) is 0.404. The highest BCUT2D eigenvalue weighted by molar-refractivity contribution is 5.94. The number of ether oxygens (including phenoxy) is 1. The molecule has 2 unspecified atom stereocenters. The van der Waals surface area contributed by atoms with E-state index in [0.717, 1.165) is 6.42 Å². The summed E-state index contributed by atoms with van der Waals surface area (Å²) in [6, 6.07) is 4.13. The van der Waals surface area contributed by atoms with Crippen molar-refractivity contribution in [1.29, 1.82) is 0 Å². The number of carbonyl (C=O) groups is 2. The number of rotatable bonds is 5. The predicted octanol–water partition coefficient (Wildman–Crippen LogP) is 2.17. The number of carboxylic acids is 1. The van der Waals surface area contributed by atoms with Crippen molar-refractivity contribution in [2.45, 2.75) is 13.3 Å². The standard InChI is InChI=1S/C14H18N2O4/c1-8-5-9(8)7-15-14(19)16-10-3-4-11(13(17)18)12(6-10)20-2/h3-4,6,8-9H,5,7H2,1-2H3,(H,17,18)(H2,15,16,19). The molecule has 0 bridgehead atoms. The molecule has 3 N–H and O–H groups in total. The van der Waals surface area contributed by atoms with Crippen LogP contribution in [-0.4, -0.2) is 30.8 Å². The number of carbonyl (C=O) groups excluding carboxylic acids is 1. The average Bonchev–Trinajstić information content (AvgIpc) is 3.12. The summed E-state index contributed by atoms with van der Waals surface area (Å²) in [5.41, 5.74) is 0.554. The molecule has 1 saturated carbocycles. The number of hydrogen-bond acceptors (Lipinski definition) is 3. The summed E-state index contributed by atoms with van der Waals surface area (Å²) in [6.07, 6.45) is 1.15. The van der Waals surface area contributed by atoms with Crippen LogP contribution in [0.4, 0.5) is 10.5 Å². The van der Waals surface area contributed by atoms with E-state index in [2.05, 4.69) is 17.6 Å². The fraction of sp³-hybridized carbons (Fsp3) is 0.429. The molecule has 1 aromatic carbocycles. The lowest BCUT2D eigenvalue weighted by Gasteiger charge is -2.10. The number of hydrogen-bond donors (Lipinski definition) is 3. The predicted molar refractivity (Wildman–Crippen MR) is 74.2 cm³/mol. The topological polar surface area (TPSA) is 87.7 Å². The van der Waals surface area contributed by atoms with Crippen LogP contribution < -0.4 is 15.4 Å². The SMILES string of the molecule is COc1cc(NC(=O)NCC2CC2C)ccc1C(=O)O. The normalized spacial score (nSPS) is 20.1. The van der Waals surface area contributed by atoms with Gasteiger partial charge < -0.3 is 20.5 Å². The second kappa shape index (κ2) is 5.81. The second-order valence-corrected chi connectivity index (χ2v) is 5.03. The van der Waals surface area contributed by atoms with Gasteiger partial charge in [-0.05, 0) is 30.4 Å². The summed E-state index contributed by atoms with van der Waals surface area (Å²) >= 11 is 0. The molecule has 0 saturated heterocycles. The summed E-state index contributed by atoms with van der Waals surface area (Å²) in [5, 5.41) is 14.4. The van der Waals surface area contributed by atoms with E-state index >= 15 is 0 Å². The van der Waals surface area contributed by atoms with Gasteiger partial charge in [0, 0.05) is 18.3 Å². The van der Waals surface area contributed by atoms with Crippen LogP contribution in [0.15, 0.2) is 18.2 Å². The van der Waals surface area contributed by atoms with Gasteiger partial charge in [0.15, 0.2) is 0 Å². The van der Waals surface area contributed by atoms with Gasteiger partial charge in [0.05, 0.1) is 7.11 Å². The van der Waals surface area contributed by atoms with Crippen molar-refractivity contribution in [2.75, 3.05) is 19.0 Å². The van der Waals surface area contributed by atoms with Crippen LogP contribution in [0.25, 0.3) is 0 Å². The van der Waals surface area contributed by atoms with E-state index in [1.54, 1.807) is 0 Å². The Morgan fingerprint density at radius 3 is 2.70 bits per heavy atom. The van der Waals surface area contributed by atoms with Gasteiger partial charge in [0.1, 0.15) is 11.3 Å². The molecule has 108 valence electrons. The van der Waals surface area contributed by atoms with E-state index in [9.17, 15) is 9.59 Å². The van der Waals surface area contributed by atoms with Gasteiger partial charge >= 0.3 is 12.0 Å². The number of amides is 2. The maximum atomic E-state index is 11.7. The molecule has 20 heavy (non-hydrogen) atoms. The second-order valence-electron chi connectivity index (χ2n) is 5.03. The molecule has 6 nitrogen and oxygen atoms in total. The number of nitrogens with one attached hydrogen (secondary N) is 2. The van der Waals surface area contributed by atoms with Crippen LogP contribution in [0.1, 0.15) is 23.7 Å². The Balaban J connectivity index is 1.94. The smallest absolute Gasteiger partial charge is 0.339 e. The molecular weight excluding hydrogens is 260 g/mol. The molecule has 0 aromatic heterocycles. The first kappa shape index (κ1) is 14.2. The van der Waals surface area contributed by atoms with Gasteiger partial charge in [-0.3, -0.25) is 0 Å². The molecule has 0 heterocycles. The van der Waals surface area contributed by atoms with Gasteiger partial charge in [-0.15, -0.1) is 0 Å². The minimum atomic E-state index is -1.07. The highest BCUT2D eigenvalue weighted by atomic mass is 16.5. The summed E-state index contributed by atoms with van der Waals surface area (Å²) in [6.45, 7) is 2.82. The van der Waals surface area contributed by atoms with E-state index in [1.807, 2.05) is 0 Å². The van der Waals surface area contributed by atoms with Crippen LogP contribution >= 0.6 is 0 Å². The van der Waals surface area contributed by atoms with Crippen molar-refractivity contribution in [3.05, 3.63) is 23.8 Å². The summed E-state index contributed by atoms with van der Waals surface area (Å²) in [4.78, 5) is 22.6. The van der Waals surface area contributed by atoms with Crippen LogP contribution in [0.2, 0.25) is 0 Å². The Morgan fingerprint density at radius 1 is 1.45 bits per heavy atom. The average molecular weight is 278 g/mol. The van der Waals surface area contributed by atoms with Gasteiger partial charge in [-0.1, -0.05) is 6.92 Å². The Hall–Kier alpha value is -2.24. The van der Waals surface area contributed by atoms with Gasteiger partial charge in [-0.2, -0.15) is 0 Å². The molecule has 2 rings (SSSR count). The van der Waals surface area contributed by atoms with Crippen molar-refractivity contribution in [3.63, 3.8) is 0 Å². The number of aromatic carboxylic acids is 1. The minimum Gasteiger partial charge on any atom is -0.496 e. The van der Waals surface area contributed by atoms with Gasteiger partial charge in [0.25, 0.3) is 0 Å². The van der Waals surface area contributed by atoms with E-state index in [4.69, 9.17) is 9.84 Å². The Kier molecular flexibility index (Phi) is 4.12. The molecule has 1 aliphatic rings. The van der Waals surface area contributed by atoms with Crippen molar-refractivity contribution in [3.8, 4) is 5.75 Å². The first-order valence-electron chi connectivity index (χ1n) is 6.47. The number of benzene rings is 1. The molecule has 0 aliphatic heterocycles. The lowest BCUT2D eigenvalue weighted by atomic mass is 10.2. The first-order valence-corrected chi connectivity index (χ1v) is 6.47. The number of anilines is 1. The number of carboxylic acid groups (broad SMARTS) is 1. The van der Waals surface area contributed by atoms with Crippen LogP contribution in [-0.2, 0) is 0 Å². The first-order chi connectivity index (χ1) is 9.51. The zero-order chi connectivity index (χ0) is 14.7. The fourth-order valence-electron chi connectivity index (χ4n) is 2.03. The highest BCUT2D eigenvalue weighted by Crippen LogP contribution is 2.36.